The number of hydrogen-bond acceptors (Lipinski definition) is 5. The SMILES string of the molecule is OC[C@H]1CN(CC(O)c2ccc(O)cn2)C[C@H]1Cc1ccc(F)cc1. The maximum absolute atomic E-state index is 13.0. The molecule has 1 aliphatic rings. The van der Waals surface area contributed by atoms with Gasteiger partial charge in [0.05, 0.1) is 11.9 Å². The molecule has 1 aliphatic heterocycles. The molecule has 6 heteroatoms. The third-order valence-corrected chi connectivity index (χ3v) is 4.84. The monoisotopic (exact) mass is 346 g/mol. The summed E-state index contributed by atoms with van der Waals surface area (Å²) in [4.78, 5) is 6.16. The van der Waals surface area contributed by atoms with Crippen LogP contribution in [-0.2, 0) is 6.42 Å². The van der Waals surface area contributed by atoms with Crippen LogP contribution in [0.3, 0.4) is 0 Å². The second-order valence-electron chi connectivity index (χ2n) is 6.71. The number of pyridine rings is 1. The summed E-state index contributed by atoms with van der Waals surface area (Å²) in [5.74, 6) is 0.206. The molecule has 134 valence electrons. The molecular weight excluding hydrogens is 323 g/mol. The van der Waals surface area contributed by atoms with Crippen LogP contribution in [0.1, 0.15) is 17.4 Å². The zero-order chi connectivity index (χ0) is 17.8. The lowest BCUT2D eigenvalue weighted by atomic mass is 9.90. The summed E-state index contributed by atoms with van der Waals surface area (Å²) in [6.45, 7) is 1.99. The fraction of sp³-hybridized carbons (Fsp3) is 0.421. The highest BCUT2D eigenvalue weighted by Gasteiger charge is 2.33. The summed E-state index contributed by atoms with van der Waals surface area (Å²) in [6, 6.07) is 9.58. The lowest BCUT2D eigenvalue weighted by molar-refractivity contribution is 0.117. The van der Waals surface area contributed by atoms with Gasteiger partial charge in [-0.15, -0.1) is 0 Å². The molecule has 25 heavy (non-hydrogen) atoms. The molecule has 5 nitrogen and oxygen atoms in total. The number of nitrogens with zero attached hydrogens (tertiary/aromatic N) is 2. The Hall–Kier alpha value is -2.02. The van der Waals surface area contributed by atoms with Crippen LogP contribution in [0.15, 0.2) is 42.6 Å². The number of benzene rings is 1. The number of aliphatic hydroxyl groups is 2. The van der Waals surface area contributed by atoms with Crippen molar-refractivity contribution in [3.05, 3.63) is 59.7 Å². The van der Waals surface area contributed by atoms with Gasteiger partial charge in [-0.05, 0) is 48.1 Å². The fourth-order valence-electron chi connectivity index (χ4n) is 3.48. The van der Waals surface area contributed by atoms with E-state index in [0.717, 1.165) is 18.5 Å². The van der Waals surface area contributed by atoms with Gasteiger partial charge in [-0.2, -0.15) is 0 Å². The number of likely N-dealkylation sites (tertiary alicyclic amines) is 1. The van der Waals surface area contributed by atoms with Crippen LogP contribution < -0.4 is 0 Å². The first-order chi connectivity index (χ1) is 12.0. The van der Waals surface area contributed by atoms with E-state index in [0.29, 0.717) is 18.8 Å². The van der Waals surface area contributed by atoms with Crippen molar-refractivity contribution < 1.29 is 19.7 Å². The van der Waals surface area contributed by atoms with Crippen LogP contribution in [0.5, 0.6) is 5.75 Å². The predicted octanol–water partition coefficient (Wildman–Crippen LogP) is 1.74. The Balaban J connectivity index is 1.60. The van der Waals surface area contributed by atoms with E-state index in [2.05, 4.69) is 9.88 Å². The molecule has 0 spiro atoms. The predicted molar refractivity (Wildman–Crippen MR) is 91.5 cm³/mol. The number of hydrogen-bond donors (Lipinski definition) is 3. The largest absolute Gasteiger partial charge is 0.506 e. The Bertz CT molecular complexity index is 678. The highest BCUT2D eigenvalue weighted by molar-refractivity contribution is 5.20. The van der Waals surface area contributed by atoms with Crippen molar-refractivity contribution in [1.29, 1.82) is 0 Å². The standard InChI is InChI=1S/C19H23FN2O3/c20-16-3-1-13(2-4-16)7-14-9-22(10-15(14)12-23)11-19(25)18-6-5-17(24)8-21-18/h1-6,8,14-15,19,23-25H,7,9-12H2/t14-,15-,19?/m1/s1. The molecule has 2 heterocycles. The molecule has 0 radical (unpaired) electrons. The van der Waals surface area contributed by atoms with Gasteiger partial charge in [0.2, 0.25) is 0 Å². The molecule has 1 unspecified atom stereocenters. The third kappa shape index (κ3) is 4.54. The summed E-state index contributed by atoms with van der Waals surface area (Å²) < 4.78 is 13.0. The molecule has 0 bridgehead atoms. The van der Waals surface area contributed by atoms with E-state index in [1.807, 2.05) is 0 Å². The average Bonchev–Trinajstić information content (AvgIpc) is 2.99. The first-order valence-electron chi connectivity index (χ1n) is 8.46. The highest BCUT2D eigenvalue weighted by atomic mass is 19.1. The van der Waals surface area contributed by atoms with E-state index in [1.54, 1.807) is 18.2 Å². The van der Waals surface area contributed by atoms with Gasteiger partial charge in [-0.3, -0.25) is 9.88 Å². The number of aliphatic hydroxyl groups excluding tert-OH is 2. The maximum Gasteiger partial charge on any atom is 0.133 e. The third-order valence-electron chi connectivity index (χ3n) is 4.84. The van der Waals surface area contributed by atoms with Crippen molar-refractivity contribution >= 4 is 0 Å². The van der Waals surface area contributed by atoms with Gasteiger partial charge in [0, 0.05) is 26.2 Å². The Morgan fingerprint density at radius 3 is 2.48 bits per heavy atom. The van der Waals surface area contributed by atoms with Gasteiger partial charge in [-0.25, -0.2) is 4.39 Å². The highest BCUT2D eigenvalue weighted by Crippen LogP contribution is 2.28. The topological polar surface area (TPSA) is 76.8 Å². The number of aromatic nitrogens is 1. The Morgan fingerprint density at radius 2 is 1.84 bits per heavy atom. The lowest BCUT2D eigenvalue weighted by Gasteiger charge is -2.19. The molecule has 0 saturated carbocycles. The second-order valence-corrected chi connectivity index (χ2v) is 6.71. The van der Waals surface area contributed by atoms with Gasteiger partial charge in [0.25, 0.3) is 0 Å². The number of β-amino-alcohol motifs (C(OH)–C–C–N with tert-alkyl or cyclic N) is 1. The van der Waals surface area contributed by atoms with Crippen LogP contribution in [0, 0.1) is 17.7 Å². The molecule has 0 aliphatic carbocycles. The van der Waals surface area contributed by atoms with E-state index in [-0.39, 0.29) is 30.0 Å². The van der Waals surface area contributed by atoms with Crippen molar-refractivity contribution in [3.8, 4) is 5.75 Å². The molecular formula is C19H23FN2O3. The molecule has 3 rings (SSSR count). The summed E-state index contributed by atoms with van der Waals surface area (Å²) >= 11 is 0. The number of halogens is 1. The molecule has 1 saturated heterocycles. The van der Waals surface area contributed by atoms with Crippen LogP contribution in [0.4, 0.5) is 4.39 Å². The van der Waals surface area contributed by atoms with E-state index < -0.39 is 6.10 Å². The van der Waals surface area contributed by atoms with Crippen molar-refractivity contribution in [2.75, 3.05) is 26.2 Å². The first-order valence-corrected chi connectivity index (χ1v) is 8.46. The Morgan fingerprint density at radius 1 is 1.12 bits per heavy atom. The average molecular weight is 346 g/mol. The maximum atomic E-state index is 13.0. The summed E-state index contributed by atoms with van der Waals surface area (Å²) in [7, 11) is 0. The summed E-state index contributed by atoms with van der Waals surface area (Å²) in [5, 5.41) is 29.3. The molecule has 1 fully saturated rings. The first kappa shape index (κ1) is 17.8. The fourth-order valence-corrected chi connectivity index (χ4v) is 3.48. The quantitative estimate of drug-likeness (QED) is 0.743. The van der Waals surface area contributed by atoms with Crippen molar-refractivity contribution in [2.24, 2.45) is 11.8 Å². The van der Waals surface area contributed by atoms with E-state index in [1.165, 1.54) is 24.4 Å². The van der Waals surface area contributed by atoms with Crippen LogP contribution in [0.2, 0.25) is 0 Å². The van der Waals surface area contributed by atoms with Crippen molar-refractivity contribution in [3.63, 3.8) is 0 Å². The van der Waals surface area contributed by atoms with Gasteiger partial charge >= 0.3 is 0 Å². The zero-order valence-electron chi connectivity index (χ0n) is 13.9. The Labute approximate surface area is 146 Å². The van der Waals surface area contributed by atoms with Gasteiger partial charge < -0.3 is 15.3 Å². The van der Waals surface area contributed by atoms with Gasteiger partial charge in [-0.1, -0.05) is 12.1 Å². The summed E-state index contributed by atoms with van der Waals surface area (Å²) in [6.07, 6.45) is 1.34. The molecule has 3 N–H and O–H groups in total. The molecule has 1 aromatic carbocycles. The van der Waals surface area contributed by atoms with E-state index in [4.69, 9.17) is 0 Å². The zero-order valence-corrected chi connectivity index (χ0v) is 13.9. The van der Waals surface area contributed by atoms with Crippen molar-refractivity contribution in [1.82, 2.24) is 9.88 Å². The van der Waals surface area contributed by atoms with E-state index in [9.17, 15) is 19.7 Å². The smallest absolute Gasteiger partial charge is 0.133 e. The number of rotatable bonds is 6. The Kier molecular flexibility index (Phi) is 5.63. The normalized spacial score (nSPS) is 22.2. The van der Waals surface area contributed by atoms with Gasteiger partial charge in [0.15, 0.2) is 0 Å². The van der Waals surface area contributed by atoms with Crippen LogP contribution in [-0.4, -0.2) is 51.4 Å². The molecule has 0 amide bonds. The number of aromatic hydroxyl groups is 1. The summed E-state index contributed by atoms with van der Waals surface area (Å²) in [5.41, 5.74) is 1.56. The minimum atomic E-state index is -0.746. The molecule has 3 atom stereocenters. The van der Waals surface area contributed by atoms with Crippen LogP contribution >= 0.6 is 0 Å². The minimum Gasteiger partial charge on any atom is -0.506 e. The minimum absolute atomic E-state index is 0.0665. The van der Waals surface area contributed by atoms with Crippen molar-refractivity contribution in [2.45, 2.75) is 12.5 Å². The van der Waals surface area contributed by atoms with Gasteiger partial charge in [0.1, 0.15) is 17.7 Å². The lowest BCUT2D eigenvalue weighted by Crippen LogP contribution is -2.27. The van der Waals surface area contributed by atoms with Crippen LogP contribution in [0.25, 0.3) is 0 Å². The second kappa shape index (κ2) is 7.91. The molecule has 1 aromatic heterocycles. The van der Waals surface area contributed by atoms with E-state index >= 15 is 0 Å². The molecule has 2 aromatic rings.